The van der Waals surface area contributed by atoms with Crippen molar-refractivity contribution in [2.75, 3.05) is 26.7 Å². The van der Waals surface area contributed by atoms with E-state index in [9.17, 15) is 0 Å². The molecule has 0 N–H and O–H groups in total. The van der Waals surface area contributed by atoms with E-state index in [-0.39, 0.29) is 5.60 Å². The van der Waals surface area contributed by atoms with Crippen molar-refractivity contribution in [3.8, 4) is 0 Å². The van der Waals surface area contributed by atoms with Gasteiger partial charge in [-0.2, -0.15) is 0 Å². The van der Waals surface area contributed by atoms with Crippen LogP contribution < -0.4 is 0 Å². The van der Waals surface area contributed by atoms with Crippen LogP contribution >= 0.6 is 0 Å². The highest BCUT2D eigenvalue weighted by Crippen LogP contribution is 2.46. The van der Waals surface area contributed by atoms with Crippen molar-refractivity contribution in [1.82, 2.24) is 4.90 Å². The maximum absolute atomic E-state index is 6.24. The molecular weight excluding hydrogens is 186 g/mol. The Hall–Kier alpha value is -0.0800. The van der Waals surface area contributed by atoms with Gasteiger partial charge in [-0.05, 0) is 51.0 Å². The lowest BCUT2D eigenvalue weighted by molar-refractivity contribution is -0.141. The van der Waals surface area contributed by atoms with E-state index in [1.165, 1.54) is 51.6 Å². The summed E-state index contributed by atoms with van der Waals surface area (Å²) in [5.74, 6) is 1.91. The molecule has 0 aromatic rings. The molecule has 1 aliphatic carbocycles. The molecule has 2 heteroatoms. The molecule has 15 heavy (non-hydrogen) atoms. The Morgan fingerprint density at radius 3 is 2.67 bits per heavy atom. The number of ether oxygens (including phenoxy) is 1. The smallest absolute Gasteiger partial charge is 0.0709 e. The molecule has 0 aromatic carbocycles. The first kappa shape index (κ1) is 10.1. The standard InChI is InChI=1S/C13H23NO/c1-14-7-5-13(6-8-14)9-11-3-2-4-12(11)10-15-13/h11-12H,2-10H2,1H3. The van der Waals surface area contributed by atoms with E-state index in [0.29, 0.717) is 0 Å². The Kier molecular flexibility index (Phi) is 2.52. The van der Waals surface area contributed by atoms with Gasteiger partial charge in [0.25, 0.3) is 0 Å². The molecule has 1 saturated carbocycles. The number of piperidine rings is 1. The fraction of sp³-hybridized carbons (Fsp3) is 1.00. The minimum absolute atomic E-state index is 0.290. The third kappa shape index (κ3) is 1.83. The van der Waals surface area contributed by atoms with Crippen LogP contribution in [0, 0.1) is 11.8 Å². The number of hydrogen-bond donors (Lipinski definition) is 0. The zero-order chi connectivity index (χ0) is 10.3. The molecule has 3 fully saturated rings. The van der Waals surface area contributed by atoms with Crippen LogP contribution in [-0.2, 0) is 4.74 Å². The Balaban J connectivity index is 1.67. The van der Waals surface area contributed by atoms with Crippen LogP contribution in [0.15, 0.2) is 0 Å². The van der Waals surface area contributed by atoms with E-state index in [4.69, 9.17) is 4.74 Å². The van der Waals surface area contributed by atoms with E-state index >= 15 is 0 Å². The van der Waals surface area contributed by atoms with Gasteiger partial charge in [0.1, 0.15) is 0 Å². The largest absolute Gasteiger partial charge is 0.375 e. The van der Waals surface area contributed by atoms with Crippen LogP contribution in [-0.4, -0.2) is 37.2 Å². The minimum atomic E-state index is 0.290. The van der Waals surface area contributed by atoms with Gasteiger partial charge in [0.05, 0.1) is 12.2 Å². The monoisotopic (exact) mass is 209 g/mol. The average molecular weight is 209 g/mol. The highest BCUT2D eigenvalue weighted by molar-refractivity contribution is 4.95. The SMILES string of the molecule is CN1CCC2(CC1)CC1CCCC1CO2. The number of fused-ring (bicyclic) bond motifs is 1. The number of likely N-dealkylation sites (tertiary alicyclic amines) is 1. The summed E-state index contributed by atoms with van der Waals surface area (Å²) in [5, 5.41) is 0. The van der Waals surface area contributed by atoms with Crippen LogP contribution in [0.25, 0.3) is 0 Å². The summed E-state index contributed by atoms with van der Waals surface area (Å²) < 4.78 is 6.24. The Bertz CT molecular complexity index is 233. The topological polar surface area (TPSA) is 12.5 Å². The van der Waals surface area contributed by atoms with Crippen molar-refractivity contribution in [3.05, 3.63) is 0 Å². The van der Waals surface area contributed by atoms with Crippen molar-refractivity contribution in [1.29, 1.82) is 0 Å². The molecule has 2 heterocycles. The molecule has 86 valence electrons. The zero-order valence-electron chi connectivity index (χ0n) is 9.87. The lowest BCUT2D eigenvalue weighted by Gasteiger charge is -2.46. The number of nitrogens with zero attached hydrogens (tertiary/aromatic N) is 1. The highest BCUT2D eigenvalue weighted by Gasteiger charge is 2.44. The van der Waals surface area contributed by atoms with Crippen molar-refractivity contribution in [3.63, 3.8) is 0 Å². The van der Waals surface area contributed by atoms with Crippen molar-refractivity contribution in [2.45, 2.75) is 44.1 Å². The summed E-state index contributed by atoms with van der Waals surface area (Å²) in [7, 11) is 2.23. The van der Waals surface area contributed by atoms with E-state index < -0.39 is 0 Å². The first-order chi connectivity index (χ1) is 7.27. The summed E-state index contributed by atoms with van der Waals surface area (Å²) in [4.78, 5) is 2.44. The van der Waals surface area contributed by atoms with E-state index in [1.807, 2.05) is 0 Å². The quantitative estimate of drug-likeness (QED) is 0.607. The van der Waals surface area contributed by atoms with Gasteiger partial charge in [-0.25, -0.2) is 0 Å². The Labute approximate surface area is 93.0 Å². The lowest BCUT2D eigenvalue weighted by atomic mass is 9.77. The second kappa shape index (κ2) is 3.74. The summed E-state index contributed by atoms with van der Waals surface area (Å²) in [5.41, 5.74) is 0.290. The van der Waals surface area contributed by atoms with Gasteiger partial charge in [0.2, 0.25) is 0 Å². The highest BCUT2D eigenvalue weighted by atomic mass is 16.5. The predicted octanol–water partition coefficient (Wildman–Crippen LogP) is 2.29. The maximum atomic E-state index is 6.24. The molecule has 2 saturated heterocycles. The van der Waals surface area contributed by atoms with Gasteiger partial charge in [0.15, 0.2) is 0 Å². The number of rotatable bonds is 0. The molecule has 0 bridgehead atoms. The molecule has 3 aliphatic rings. The van der Waals surface area contributed by atoms with Crippen molar-refractivity contribution < 1.29 is 4.74 Å². The second-order valence-corrected chi connectivity index (χ2v) is 5.95. The van der Waals surface area contributed by atoms with E-state index in [2.05, 4.69) is 11.9 Å². The Morgan fingerprint density at radius 2 is 1.87 bits per heavy atom. The first-order valence-corrected chi connectivity index (χ1v) is 6.60. The normalized spacial score (nSPS) is 40.6. The van der Waals surface area contributed by atoms with Gasteiger partial charge < -0.3 is 9.64 Å². The fourth-order valence-electron chi connectivity index (χ4n) is 3.80. The fourth-order valence-corrected chi connectivity index (χ4v) is 3.80. The van der Waals surface area contributed by atoms with Gasteiger partial charge in [0, 0.05) is 13.1 Å². The number of hydrogen-bond acceptors (Lipinski definition) is 2. The van der Waals surface area contributed by atoms with Gasteiger partial charge >= 0.3 is 0 Å². The van der Waals surface area contributed by atoms with Gasteiger partial charge in [-0.15, -0.1) is 0 Å². The minimum Gasteiger partial charge on any atom is -0.375 e. The summed E-state index contributed by atoms with van der Waals surface area (Å²) >= 11 is 0. The predicted molar refractivity (Wildman–Crippen MR) is 60.9 cm³/mol. The molecular formula is C13H23NO. The molecule has 0 radical (unpaired) electrons. The maximum Gasteiger partial charge on any atom is 0.0709 e. The molecule has 2 atom stereocenters. The van der Waals surface area contributed by atoms with Gasteiger partial charge in [-0.3, -0.25) is 0 Å². The van der Waals surface area contributed by atoms with Crippen molar-refractivity contribution >= 4 is 0 Å². The zero-order valence-corrected chi connectivity index (χ0v) is 9.87. The molecule has 2 unspecified atom stereocenters. The molecule has 1 spiro atoms. The lowest BCUT2D eigenvalue weighted by Crippen LogP contribution is -2.49. The summed E-state index contributed by atoms with van der Waals surface area (Å²) in [6.45, 7) is 3.53. The second-order valence-electron chi connectivity index (χ2n) is 5.95. The average Bonchev–Trinajstić information content (AvgIpc) is 2.70. The van der Waals surface area contributed by atoms with Crippen molar-refractivity contribution in [2.24, 2.45) is 11.8 Å². The third-order valence-electron chi connectivity index (χ3n) is 4.95. The molecule has 2 aliphatic heterocycles. The first-order valence-electron chi connectivity index (χ1n) is 6.60. The van der Waals surface area contributed by atoms with Crippen LogP contribution in [0.4, 0.5) is 0 Å². The molecule has 2 nitrogen and oxygen atoms in total. The van der Waals surface area contributed by atoms with E-state index in [1.54, 1.807) is 0 Å². The Morgan fingerprint density at radius 1 is 1.13 bits per heavy atom. The third-order valence-corrected chi connectivity index (χ3v) is 4.95. The summed E-state index contributed by atoms with van der Waals surface area (Å²) in [6.07, 6.45) is 8.27. The molecule has 3 rings (SSSR count). The summed E-state index contributed by atoms with van der Waals surface area (Å²) in [6, 6.07) is 0. The van der Waals surface area contributed by atoms with Crippen LogP contribution in [0.2, 0.25) is 0 Å². The van der Waals surface area contributed by atoms with E-state index in [0.717, 1.165) is 18.4 Å². The van der Waals surface area contributed by atoms with Gasteiger partial charge in [-0.1, -0.05) is 6.42 Å². The molecule has 0 aromatic heterocycles. The van der Waals surface area contributed by atoms with Crippen LogP contribution in [0.1, 0.15) is 38.5 Å². The van der Waals surface area contributed by atoms with Crippen LogP contribution in [0.5, 0.6) is 0 Å². The van der Waals surface area contributed by atoms with Crippen LogP contribution in [0.3, 0.4) is 0 Å². The molecule has 0 amide bonds.